The van der Waals surface area contributed by atoms with Crippen molar-refractivity contribution in [2.75, 3.05) is 38.7 Å². The van der Waals surface area contributed by atoms with E-state index in [1.165, 1.54) is 0 Å². The zero-order valence-corrected chi connectivity index (χ0v) is 16.6. The molecule has 2 aromatic heterocycles. The van der Waals surface area contributed by atoms with Crippen molar-refractivity contribution in [1.82, 2.24) is 24.6 Å². The Hall–Kier alpha value is -3.07. The van der Waals surface area contributed by atoms with Gasteiger partial charge in [-0.15, -0.1) is 0 Å². The van der Waals surface area contributed by atoms with Gasteiger partial charge in [0.2, 0.25) is 5.95 Å². The van der Waals surface area contributed by atoms with Crippen molar-refractivity contribution in [3.05, 3.63) is 24.5 Å². The lowest BCUT2D eigenvalue weighted by Gasteiger charge is -2.21. The summed E-state index contributed by atoms with van der Waals surface area (Å²) in [6.07, 6.45) is 5.73. The van der Waals surface area contributed by atoms with Gasteiger partial charge in [-0.25, -0.2) is 9.78 Å². The summed E-state index contributed by atoms with van der Waals surface area (Å²) in [4.78, 5) is 22.5. The predicted molar refractivity (Wildman–Crippen MR) is 108 cm³/mol. The number of fused-ring (bicyclic) bond motifs is 1. The van der Waals surface area contributed by atoms with E-state index in [0.29, 0.717) is 11.7 Å². The number of anilines is 1. The Balaban J connectivity index is 1.43. The van der Waals surface area contributed by atoms with E-state index in [9.17, 15) is 4.79 Å². The van der Waals surface area contributed by atoms with Gasteiger partial charge in [0, 0.05) is 49.5 Å². The van der Waals surface area contributed by atoms with Crippen molar-refractivity contribution in [2.24, 2.45) is 12.5 Å². The second-order valence-corrected chi connectivity index (χ2v) is 7.93. The number of likely N-dealkylation sites (tertiary alicyclic amines) is 1. The standard InChI is InChI=1S/C20H24N6O3/c1-25-10-13(9-21-25)14-3-4-15(28-2)17-16(14)22-18(23-17)24-19(27)26-7-5-20(11-26)6-8-29-12-20/h3-4,9-10H,5-8,11-12H2,1-2H3,(H2,22,23,24,27). The molecule has 0 radical (unpaired) electrons. The fraction of sp³-hybridized carbons (Fsp3) is 0.450. The quantitative estimate of drug-likeness (QED) is 0.709. The van der Waals surface area contributed by atoms with Crippen LogP contribution in [0.4, 0.5) is 10.7 Å². The number of carbonyl (C=O) groups excluding carboxylic acids is 1. The van der Waals surface area contributed by atoms with Crippen LogP contribution in [0.25, 0.3) is 22.2 Å². The third kappa shape index (κ3) is 3.11. The number of aromatic amines is 1. The van der Waals surface area contributed by atoms with E-state index in [0.717, 1.165) is 61.3 Å². The minimum Gasteiger partial charge on any atom is -0.494 e. The van der Waals surface area contributed by atoms with Gasteiger partial charge in [-0.2, -0.15) is 5.10 Å². The highest BCUT2D eigenvalue weighted by atomic mass is 16.5. The number of ether oxygens (including phenoxy) is 2. The van der Waals surface area contributed by atoms with E-state index in [4.69, 9.17) is 9.47 Å². The van der Waals surface area contributed by atoms with E-state index in [1.807, 2.05) is 30.3 Å². The van der Waals surface area contributed by atoms with Crippen molar-refractivity contribution in [2.45, 2.75) is 12.8 Å². The number of benzene rings is 1. The average Bonchev–Trinajstić information content (AvgIpc) is 3.49. The number of hydrogen-bond acceptors (Lipinski definition) is 5. The number of nitrogens with one attached hydrogen (secondary N) is 2. The summed E-state index contributed by atoms with van der Waals surface area (Å²) in [5, 5.41) is 7.16. The van der Waals surface area contributed by atoms with Gasteiger partial charge in [0.15, 0.2) is 0 Å². The number of methoxy groups -OCH3 is 1. The minimum absolute atomic E-state index is 0.127. The number of hydrogen-bond donors (Lipinski definition) is 2. The van der Waals surface area contributed by atoms with Crippen LogP contribution in [0.5, 0.6) is 5.75 Å². The van der Waals surface area contributed by atoms with Crippen LogP contribution in [-0.2, 0) is 11.8 Å². The normalized spacial score (nSPS) is 21.4. The van der Waals surface area contributed by atoms with Gasteiger partial charge in [0.1, 0.15) is 16.8 Å². The molecule has 9 heteroatoms. The summed E-state index contributed by atoms with van der Waals surface area (Å²) in [6, 6.07) is 3.70. The molecule has 0 aliphatic carbocycles. The molecule has 2 fully saturated rings. The highest BCUT2D eigenvalue weighted by Gasteiger charge is 2.42. The lowest BCUT2D eigenvalue weighted by molar-refractivity contribution is 0.154. The van der Waals surface area contributed by atoms with Gasteiger partial charge in [-0.3, -0.25) is 10.00 Å². The summed E-state index contributed by atoms with van der Waals surface area (Å²) < 4.78 is 12.8. The molecular weight excluding hydrogens is 372 g/mol. The molecular formula is C20H24N6O3. The van der Waals surface area contributed by atoms with Crippen molar-refractivity contribution >= 4 is 23.0 Å². The number of rotatable bonds is 3. The Labute approximate surface area is 168 Å². The second-order valence-electron chi connectivity index (χ2n) is 7.93. The smallest absolute Gasteiger partial charge is 0.324 e. The first kappa shape index (κ1) is 18.0. The van der Waals surface area contributed by atoms with Crippen molar-refractivity contribution in [3.8, 4) is 16.9 Å². The maximum absolute atomic E-state index is 12.8. The summed E-state index contributed by atoms with van der Waals surface area (Å²) in [5.74, 6) is 1.08. The van der Waals surface area contributed by atoms with Crippen LogP contribution in [0.15, 0.2) is 24.5 Å². The molecule has 152 valence electrons. The maximum Gasteiger partial charge on any atom is 0.324 e. The topological polar surface area (TPSA) is 97.3 Å². The third-order valence-electron chi connectivity index (χ3n) is 5.98. The molecule has 2 saturated heterocycles. The van der Waals surface area contributed by atoms with Gasteiger partial charge in [-0.05, 0) is 25.0 Å². The average molecular weight is 396 g/mol. The maximum atomic E-state index is 12.8. The summed E-state index contributed by atoms with van der Waals surface area (Å²) >= 11 is 0. The number of imidazole rings is 1. The molecule has 0 bridgehead atoms. The van der Waals surface area contributed by atoms with Gasteiger partial charge in [0.05, 0.1) is 19.9 Å². The lowest BCUT2D eigenvalue weighted by atomic mass is 9.87. The zero-order valence-electron chi connectivity index (χ0n) is 16.6. The fourth-order valence-electron chi connectivity index (χ4n) is 4.35. The SMILES string of the molecule is COc1ccc(-c2cnn(C)c2)c2nc(NC(=O)N3CCC4(CCOC4)C3)[nH]c12. The van der Waals surface area contributed by atoms with Crippen LogP contribution in [-0.4, -0.2) is 64.1 Å². The van der Waals surface area contributed by atoms with Crippen molar-refractivity contribution < 1.29 is 14.3 Å². The number of carbonyl (C=O) groups is 1. The van der Waals surface area contributed by atoms with Crippen LogP contribution in [0.2, 0.25) is 0 Å². The molecule has 2 N–H and O–H groups in total. The first-order valence-electron chi connectivity index (χ1n) is 9.76. The minimum atomic E-state index is -0.144. The Kier molecular flexibility index (Phi) is 4.20. The second kappa shape index (κ2) is 6.77. The van der Waals surface area contributed by atoms with E-state index < -0.39 is 0 Å². The van der Waals surface area contributed by atoms with E-state index in [1.54, 1.807) is 18.0 Å². The van der Waals surface area contributed by atoms with Crippen LogP contribution >= 0.6 is 0 Å². The monoisotopic (exact) mass is 396 g/mol. The molecule has 1 aromatic carbocycles. The van der Waals surface area contributed by atoms with Crippen LogP contribution in [0.3, 0.4) is 0 Å². The Bertz CT molecular complexity index is 1070. The van der Waals surface area contributed by atoms with Crippen LogP contribution < -0.4 is 10.1 Å². The summed E-state index contributed by atoms with van der Waals surface area (Å²) in [6.45, 7) is 2.99. The van der Waals surface area contributed by atoms with Crippen molar-refractivity contribution in [1.29, 1.82) is 0 Å². The first-order valence-corrected chi connectivity index (χ1v) is 9.76. The lowest BCUT2D eigenvalue weighted by Crippen LogP contribution is -2.35. The third-order valence-corrected chi connectivity index (χ3v) is 5.98. The summed E-state index contributed by atoms with van der Waals surface area (Å²) in [7, 11) is 3.49. The Morgan fingerprint density at radius 3 is 3.00 bits per heavy atom. The largest absolute Gasteiger partial charge is 0.494 e. The summed E-state index contributed by atoms with van der Waals surface area (Å²) in [5.41, 5.74) is 3.48. The van der Waals surface area contributed by atoms with Gasteiger partial charge in [0.25, 0.3) is 0 Å². The molecule has 0 saturated carbocycles. The van der Waals surface area contributed by atoms with Crippen LogP contribution in [0, 0.1) is 5.41 Å². The Morgan fingerprint density at radius 2 is 2.28 bits per heavy atom. The van der Waals surface area contributed by atoms with Gasteiger partial charge in [-0.1, -0.05) is 0 Å². The highest BCUT2D eigenvalue weighted by molar-refractivity contribution is 5.98. The number of urea groups is 1. The van der Waals surface area contributed by atoms with E-state index >= 15 is 0 Å². The van der Waals surface area contributed by atoms with Gasteiger partial charge < -0.3 is 19.4 Å². The number of nitrogens with zero attached hydrogens (tertiary/aromatic N) is 4. The van der Waals surface area contributed by atoms with E-state index in [-0.39, 0.29) is 11.4 Å². The molecule has 1 spiro atoms. The zero-order chi connectivity index (χ0) is 20.0. The number of aryl methyl sites for hydroxylation is 1. The molecule has 2 aliphatic rings. The molecule has 3 aromatic rings. The molecule has 29 heavy (non-hydrogen) atoms. The van der Waals surface area contributed by atoms with Crippen LogP contribution in [0.1, 0.15) is 12.8 Å². The molecule has 9 nitrogen and oxygen atoms in total. The fourth-order valence-corrected chi connectivity index (χ4v) is 4.35. The molecule has 2 aliphatic heterocycles. The molecule has 5 rings (SSSR count). The predicted octanol–water partition coefficient (Wildman–Crippen LogP) is 2.62. The Morgan fingerprint density at radius 1 is 1.38 bits per heavy atom. The first-order chi connectivity index (χ1) is 14.1. The van der Waals surface area contributed by atoms with E-state index in [2.05, 4.69) is 20.4 Å². The number of amides is 2. The number of H-pyrrole nitrogens is 1. The number of aromatic nitrogens is 4. The van der Waals surface area contributed by atoms with Crippen molar-refractivity contribution in [3.63, 3.8) is 0 Å². The molecule has 1 atom stereocenters. The van der Waals surface area contributed by atoms with Gasteiger partial charge >= 0.3 is 6.03 Å². The molecule has 1 unspecified atom stereocenters. The molecule has 2 amide bonds. The highest BCUT2D eigenvalue weighted by Crippen LogP contribution is 2.38. The molecule has 4 heterocycles.